The van der Waals surface area contributed by atoms with Crippen molar-refractivity contribution in [3.8, 4) is 0 Å². The average molecular weight is 1340 g/mol. The van der Waals surface area contributed by atoms with Crippen LogP contribution in [-0.4, -0.2) is 339 Å². The van der Waals surface area contributed by atoms with Crippen molar-refractivity contribution in [3.05, 3.63) is 0 Å². The number of nitrogens with two attached hydrogens (primary N) is 2. The van der Waals surface area contributed by atoms with Crippen molar-refractivity contribution in [2.75, 3.05) is 304 Å². The molecule has 0 spiro atoms. The van der Waals surface area contributed by atoms with Crippen LogP contribution in [0.5, 0.6) is 0 Å². The van der Waals surface area contributed by atoms with Crippen LogP contribution < -0.4 is 27.6 Å². The van der Waals surface area contributed by atoms with Gasteiger partial charge in [0.15, 0.2) is 5.78 Å². The van der Waals surface area contributed by atoms with Crippen molar-refractivity contribution in [1.29, 1.82) is 0 Å². The predicted octanol–water partition coefficient (Wildman–Crippen LogP) is -0.171. The summed E-state index contributed by atoms with van der Waals surface area (Å²) >= 11 is 0. The van der Waals surface area contributed by atoms with E-state index in [2.05, 4.69) is 16.1 Å². The lowest BCUT2D eigenvalue weighted by Crippen LogP contribution is -2.42. The molecule has 0 radical (unpaired) electrons. The van der Waals surface area contributed by atoms with Gasteiger partial charge in [-0.25, -0.2) is 4.79 Å². The van der Waals surface area contributed by atoms with Crippen molar-refractivity contribution < 1.29 is 128 Å². The molecule has 32 nitrogen and oxygen atoms in total. The fourth-order valence-corrected chi connectivity index (χ4v) is 6.89. The lowest BCUT2D eigenvalue weighted by atomic mass is 10.0. The minimum atomic E-state index is -0.731. The summed E-state index contributed by atoms with van der Waals surface area (Å²) in [6, 6.07) is -0.731. The Bertz CT molecular complexity index is 1570. The highest BCUT2D eigenvalue weighted by atomic mass is 16.7. The first-order valence-electron chi connectivity index (χ1n) is 32.3. The summed E-state index contributed by atoms with van der Waals surface area (Å²) in [7, 11) is 0. The number of unbranched alkanes of at least 4 members (excludes halogenated alkanes) is 1. The first-order valence-corrected chi connectivity index (χ1v) is 32.3. The molecule has 1 atom stereocenters. The zero-order chi connectivity index (χ0) is 66.8. The molecule has 0 aromatic rings. The van der Waals surface area contributed by atoms with Crippen LogP contribution in [-0.2, 0) is 123 Å². The second-order valence-corrected chi connectivity index (χ2v) is 20.3. The third kappa shape index (κ3) is 74.3. The maximum Gasteiger partial charge on any atom is 0.431 e. The summed E-state index contributed by atoms with van der Waals surface area (Å²) in [5.41, 5.74) is 12.3. The zero-order valence-corrected chi connectivity index (χ0v) is 55.8. The summed E-state index contributed by atoms with van der Waals surface area (Å²) in [5.74, 6) is -0.809. The second kappa shape index (κ2) is 73.7. The van der Waals surface area contributed by atoms with Gasteiger partial charge in [0.1, 0.15) is 18.8 Å². The largest absolute Gasteiger partial charge is 0.442 e. The van der Waals surface area contributed by atoms with E-state index in [-0.39, 0.29) is 57.8 Å². The summed E-state index contributed by atoms with van der Waals surface area (Å²) in [6.45, 7) is 22.9. The van der Waals surface area contributed by atoms with Crippen molar-refractivity contribution in [2.45, 2.75) is 64.5 Å². The van der Waals surface area contributed by atoms with Crippen LogP contribution in [0.15, 0.2) is 0 Å². The van der Waals surface area contributed by atoms with E-state index in [1.165, 1.54) is 0 Å². The number of rotatable bonds is 77. The molecular formula is C60H119N5O27. The maximum absolute atomic E-state index is 13.3. The van der Waals surface area contributed by atoms with Gasteiger partial charge >= 0.3 is 6.09 Å². The molecule has 0 fully saturated rings. The molecule has 32 heteroatoms. The Morgan fingerprint density at radius 1 is 0.326 bits per heavy atom. The second-order valence-electron chi connectivity index (χ2n) is 20.3. The van der Waals surface area contributed by atoms with Gasteiger partial charge in [-0.2, -0.15) is 5.48 Å². The van der Waals surface area contributed by atoms with Crippen LogP contribution >= 0.6 is 0 Å². The number of Topliss-reactive ketones (excluding diaryl/α,β-unsaturated/α-hetero) is 1. The summed E-state index contributed by atoms with van der Waals surface area (Å²) in [5, 5.41) is 5.64. The van der Waals surface area contributed by atoms with E-state index in [1.54, 1.807) is 20.8 Å². The third-order valence-corrected chi connectivity index (χ3v) is 11.2. The third-order valence-electron chi connectivity index (χ3n) is 11.2. The Morgan fingerprint density at radius 3 is 0.902 bits per heavy atom. The van der Waals surface area contributed by atoms with Gasteiger partial charge in [-0.15, -0.1) is 0 Å². The Kier molecular flexibility index (Phi) is 71.3. The number of amides is 3. The van der Waals surface area contributed by atoms with Gasteiger partial charge in [-0.3, -0.25) is 19.2 Å². The molecule has 0 aliphatic carbocycles. The highest BCUT2D eigenvalue weighted by molar-refractivity contribution is 5.89. The number of hydrogen-bond acceptors (Lipinski definition) is 29. The van der Waals surface area contributed by atoms with Crippen LogP contribution in [0.2, 0.25) is 0 Å². The van der Waals surface area contributed by atoms with Crippen molar-refractivity contribution in [2.24, 2.45) is 11.5 Å². The van der Waals surface area contributed by atoms with Gasteiger partial charge in [0.05, 0.1) is 270 Å². The Morgan fingerprint density at radius 2 is 0.598 bits per heavy atom. The molecule has 0 bridgehead atoms. The average Bonchev–Trinajstić information content (AvgIpc) is 3.75. The molecule has 0 saturated heterocycles. The normalized spacial score (nSPS) is 12.0. The molecule has 0 aliphatic rings. The standard InChI is InChI=1S/C60H119N5O27/c1-60(2,3)92-59(69)65-91-52-51-88-46-45-85-40-39-82-38-37-81-36-35-80-34-33-79-32-31-78-30-29-77-28-27-76-24-21-73-18-15-70-12-6-8-56(66)55(64-58(68)54-90-50-48-87-44-42-84-26-23-75-20-17-72-14-10-62)7-4-5-11-63-57(67)53-89-49-47-86-43-41-83-25-22-74-19-16-71-13-9-61/h55H,4-54,61-62H2,1-3H3,(H,63,67)(H,64,68)(H,65,69)/t55-/m0/s1. The van der Waals surface area contributed by atoms with Crippen molar-refractivity contribution in [1.82, 2.24) is 16.1 Å². The van der Waals surface area contributed by atoms with Crippen LogP contribution in [0.3, 0.4) is 0 Å². The van der Waals surface area contributed by atoms with Gasteiger partial charge < -0.3 is 126 Å². The van der Waals surface area contributed by atoms with E-state index in [4.69, 9.17) is 121 Å². The molecule has 546 valence electrons. The lowest BCUT2D eigenvalue weighted by molar-refractivity contribution is -0.131. The molecule has 0 unspecified atom stereocenters. The quantitative estimate of drug-likeness (QED) is 0.0390. The summed E-state index contributed by atoms with van der Waals surface area (Å²) < 4.78 is 120. The highest BCUT2D eigenvalue weighted by Gasteiger charge is 2.21. The van der Waals surface area contributed by atoms with Crippen LogP contribution in [0, 0.1) is 0 Å². The number of carbonyl (C=O) groups is 4. The monoisotopic (exact) mass is 1340 g/mol. The van der Waals surface area contributed by atoms with E-state index >= 15 is 0 Å². The summed E-state index contributed by atoms with van der Waals surface area (Å²) in [4.78, 5) is 54.9. The molecule has 0 aromatic carbocycles. The number of ether oxygens (including phenoxy) is 22. The smallest absolute Gasteiger partial charge is 0.431 e. The predicted molar refractivity (Wildman–Crippen MR) is 334 cm³/mol. The Labute approximate surface area is 546 Å². The molecule has 0 aliphatic heterocycles. The molecule has 92 heavy (non-hydrogen) atoms. The number of carbonyl (C=O) groups excluding carboxylic acids is 4. The molecule has 0 aromatic heterocycles. The van der Waals surface area contributed by atoms with Gasteiger partial charge in [-0.1, -0.05) is 0 Å². The van der Waals surface area contributed by atoms with E-state index in [9.17, 15) is 19.2 Å². The molecule has 7 N–H and O–H groups in total. The van der Waals surface area contributed by atoms with Crippen molar-refractivity contribution in [3.63, 3.8) is 0 Å². The number of hydrogen-bond donors (Lipinski definition) is 5. The highest BCUT2D eigenvalue weighted by Crippen LogP contribution is 2.08. The molecule has 0 heterocycles. The molecular weight excluding hydrogens is 1220 g/mol. The minimum absolute atomic E-state index is 0.113. The maximum atomic E-state index is 13.3. The number of nitrogens with one attached hydrogen (secondary N) is 3. The van der Waals surface area contributed by atoms with E-state index < -0.39 is 23.6 Å². The van der Waals surface area contributed by atoms with E-state index in [0.717, 1.165) is 0 Å². The Hall–Kier alpha value is -3.08. The fraction of sp³-hybridized carbons (Fsp3) is 0.933. The zero-order valence-electron chi connectivity index (χ0n) is 55.8. The topological polar surface area (TPSA) is 369 Å². The Balaban J connectivity index is 3.98. The molecule has 0 saturated carbocycles. The fourth-order valence-electron chi connectivity index (χ4n) is 6.89. The molecule has 3 amide bonds. The number of hydroxylamine groups is 1. The SMILES string of the molecule is CC(C)(C)OC(=O)NOCCOCCOCCOCCOCCOCCOCCOCCOCCOCCOCCOCCCC(=O)[C@H](CCCCNC(=O)COCCOCCOCCOCCOCCN)NC(=O)COCCOCCOCCOCCOCCN. The van der Waals surface area contributed by atoms with Gasteiger partial charge in [0.2, 0.25) is 11.8 Å². The van der Waals surface area contributed by atoms with Crippen LogP contribution in [0.1, 0.15) is 52.9 Å². The van der Waals surface area contributed by atoms with Gasteiger partial charge in [0.25, 0.3) is 0 Å². The molecule has 0 rings (SSSR count). The summed E-state index contributed by atoms with van der Waals surface area (Å²) in [6.07, 6.45) is 1.55. The first-order chi connectivity index (χ1) is 45.1. The van der Waals surface area contributed by atoms with Crippen LogP contribution in [0.25, 0.3) is 0 Å². The van der Waals surface area contributed by atoms with E-state index in [1.807, 2.05) is 0 Å². The van der Waals surface area contributed by atoms with Crippen molar-refractivity contribution >= 4 is 23.7 Å². The van der Waals surface area contributed by atoms with Gasteiger partial charge in [0, 0.05) is 32.7 Å². The van der Waals surface area contributed by atoms with Crippen LogP contribution in [0.4, 0.5) is 4.79 Å². The minimum Gasteiger partial charge on any atom is -0.442 e. The van der Waals surface area contributed by atoms with E-state index in [0.29, 0.717) is 290 Å². The first kappa shape index (κ1) is 88.9. The van der Waals surface area contributed by atoms with Gasteiger partial charge in [-0.05, 0) is 46.5 Å². The number of ketones is 1. The lowest BCUT2D eigenvalue weighted by Gasteiger charge is -2.19.